The first-order chi connectivity index (χ1) is 7.49. The van der Waals surface area contributed by atoms with Crippen molar-refractivity contribution in [3.63, 3.8) is 0 Å². The Kier molecular flexibility index (Phi) is 4.40. The maximum Gasteiger partial charge on any atom is 0.224 e. The smallest absolute Gasteiger partial charge is 0.224 e. The Bertz CT molecular complexity index is 377. The van der Waals surface area contributed by atoms with Crippen molar-refractivity contribution in [3.05, 3.63) is 35.4 Å². The van der Waals surface area contributed by atoms with Crippen LogP contribution in [-0.2, 0) is 11.2 Å². The van der Waals surface area contributed by atoms with Crippen LogP contribution in [0, 0.1) is 17.6 Å². The molecular weight excluding hydrogens is 212 g/mol. The van der Waals surface area contributed by atoms with Crippen molar-refractivity contribution in [2.45, 2.75) is 20.3 Å². The summed E-state index contributed by atoms with van der Waals surface area (Å²) < 4.78 is 25.5. The molecule has 0 fully saturated rings. The van der Waals surface area contributed by atoms with Gasteiger partial charge in [-0.05, 0) is 23.6 Å². The highest BCUT2D eigenvalue weighted by Crippen LogP contribution is 2.09. The molecule has 88 valence electrons. The van der Waals surface area contributed by atoms with E-state index in [0.29, 0.717) is 18.0 Å². The molecule has 0 aromatic heterocycles. The molecule has 1 amide bonds. The van der Waals surface area contributed by atoms with Crippen LogP contribution in [0.2, 0.25) is 0 Å². The third-order valence-corrected chi connectivity index (χ3v) is 2.06. The summed E-state index contributed by atoms with van der Waals surface area (Å²) in [5.41, 5.74) is 0.472. The van der Waals surface area contributed by atoms with Gasteiger partial charge < -0.3 is 5.32 Å². The van der Waals surface area contributed by atoms with Crippen LogP contribution in [0.25, 0.3) is 0 Å². The molecule has 0 saturated carbocycles. The van der Waals surface area contributed by atoms with E-state index in [9.17, 15) is 13.6 Å². The average Bonchev–Trinajstić information content (AvgIpc) is 2.21. The quantitative estimate of drug-likeness (QED) is 0.840. The van der Waals surface area contributed by atoms with Crippen LogP contribution in [0.4, 0.5) is 8.78 Å². The zero-order chi connectivity index (χ0) is 12.1. The molecule has 0 atom stereocenters. The predicted molar refractivity (Wildman–Crippen MR) is 57.9 cm³/mol. The van der Waals surface area contributed by atoms with Gasteiger partial charge in [0.15, 0.2) is 11.6 Å². The second-order valence-electron chi connectivity index (χ2n) is 4.12. The normalized spacial score (nSPS) is 10.6. The van der Waals surface area contributed by atoms with Crippen LogP contribution in [0.15, 0.2) is 18.2 Å². The number of hydrogen-bond donors (Lipinski definition) is 1. The molecule has 1 N–H and O–H groups in total. The lowest BCUT2D eigenvalue weighted by molar-refractivity contribution is -0.120. The summed E-state index contributed by atoms with van der Waals surface area (Å²) in [6.07, 6.45) is 0.0733. The van der Waals surface area contributed by atoms with Gasteiger partial charge in [-0.25, -0.2) is 8.78 Å². The van der Waals surface area contributed by atoms with E-state index in [1.165, 1.54) is 6.07 Å². The third kappa shape index (κ3) is 3.96. The average molecular weight is 227 g/mol. The van der Waals surface area contributed by atoms with Crippen LogP contribution >= 0.6 is 0 Å². The van der Waals surface area contributed by atoms with Crippen molar-refractivity contribution in [3.8, 4) is 0 Å². The fourth-order valence-corrected chi connectivity index (χ4v) is 1.22. The second-order valence-corrected chi connectivity index (χ2v) is 4.12. The van der Waals surface area contributed by atoms with Gasteiger partial charge in [0.2, 0.25) is 5.91 Å². The van der Waals surface area contributed by atoms with E-state index in [1.807, 2.05) is 13.8 Å². The fraction of sp³-hybridized carbons (Fsp3) is 0.417. The van der Waals surface area contributed by atoms with Gasteiger partial charge in [0.05, 0.1) is 6.42 Å². The van der Waals surface area contributed by atoms with Gasteiger partial charge in [0.25, 0.3) is 0 Å². The molecule has 0 aliphatic carbocycles. The lowest BCUT2D eigenvalue weighted by Gasteiger charge is -2.07. The van der Waals surface area contributed by atoms with E-state index < -0.39 is 11.6 Å². The molecular formula is C12H15F2NO. The number of nitrogens with one attached hydrogen (secondary N) is 1. The number of halogens is 2. The molecule has 0 saturated heterocycles. The largest absolute Gasteiger partial charge is 0.356 e. The first-order valence-corrected chi connectivity index (χ1v) is 5.19. The lowest BCUT2D eigenvalue weighted by Crippen LogP contribution is -2.28. The molecule has 2 nitrogen and oxygen atoms in total. The number of carbonyl (C=O) groups is 1. The standard InChI is InChI=1S/C12H15F2NO/c1-8(2)7-15-12(16)6-9-3-4-10(13)11(14)5-9/h3-5,8H,6-7H2,1-2H3,(H,15,16). The number of benzene rings is 1. The van der Waals surface area contributed by atoms with Crippen LogP contribution in [0.5, 0.6) is 0 Å². The van der Waals surface area contributed by atoms with Crippen molar-refractivity contribution in [2.75, 3.05) is 6.54 Å². The number of hydrogen-bond acceptors (Lipinski definition) is 1. The predicted octanol–water partition coefficient (Wildman–Crippen LogP) is 2.28. The van der Waals surface area contributed by atoms with Gasteiger partial charge in [0.1, 0.15) is 0 Å². The maximum absolute atomic E-state index is 12.8. The molecule has 1 aromatic rings. The summed E-state index contributed by atoms with van der Waals surface area (Å²) >= 11 is 0. The molecule has 0 radical (unpaired) electrons. The van der Waals surface area contributed by atoms with Gasteiger partial charge in [-0.3, -0.25) is 4.79 Å². The highest BCUT2D eigenvalue weighted by Gasteiger charge is 2.07. The number of carbonyl (C=O) groups excluding carboxylic acids is 1. The molecule has 1 aromatic carbocycles. The maximum atomic E-state index is 12.8. The number of rotatable bonds is 4. The Morgan fingerprint density at radius 2 is 2.00 bits per heavy atom. The fourth-order valence-electron chi connectivity index (χ4n) is 1.22. The van der Waals surface area contributed by atoms with Crippen molar-refractivity contribution < 1.29 is 13.6 Å². The van der Waals surface area contributed by atoms with E-state index >= 15 is 0 Å². The van der Waals surface area contributed by atoms with Gasteiger partial charge >= 0.3 is 0 Å². The molecule has 0 bridgehead atoms. The molecule has 0 aliphatic rings. The minimum absolute atomic E-state index is 0.0733. The van der Waals surface area contributed by atoms with Gasteiger partial charge in [-0.1, -0.05) is 19.9 Å². The summed E-state index contributed by atoms with van der Waals surface area (Å²) in [7, 11) is 0. The van der Waals surface area contributed by atoms with E-state index in [0.717, 1.165) is 12.1 Å². The van der Waals surface area contributed by atoms with Crippen molar-refractivity contribution >= 4 is 5.91 Å². The summed E-state index contributed by atoms with van der Waals surface area (Å²) in [4.78, 5) is 11.4. The van der Waals surface area contributed by atoms with Crippen LogP contribution in [0.1, 0.15) is 19.4 Å². The monoisotopic (exact) mass is 227 g/mol. The highest BCUT2D eigenvalue weighted by molar-refractivity contribution is 5.78. The van der Waals surface area contributed by atoms with Crippen molar-refractivity contribution in [1.82, 2.24) is 5.32 Å². The Morgan fingerprint density at radius 3 is 2.56 bits per heavy atom. The second kappa shape index (κ2) is 5.58. The zero-order valence-electron chi connectivity index (χ0n) is 9.39. The van der Waals surface area contributed by atoms with E-state index in [1.54, 1.807) is 0 Å². The summed E-state index contributed by atoms with van der Waals surface area (Å²) in [6, 6.07) is 3.48. The molecule has 0 aliphatic heterocycles. The highest BCUT2D eigenvalue weighted by atomic mass is 19.2. The van der Waals surface area contributed by atoms with Gasteiger partial charge in [-0.15, -0.1) is 0 Å². The van der Waals surface area contributed by atoms with Gasteiger partial charge in [0, 0.05) is 6.54 Å². The van der Waals surface area contributed by atoms with Crippen molar-refractivity contribution in [2.24, 2.45) is 5.92 Å². The van der Waals surface area contributed by atoms with Gasteiger partial charge in [-0.2, -0.15) is 0 Å². The van der Waals surface area contributed by atoms with E-state index in [4.69, 9.17) is 0 Å². The minimum Gasteiger partial charge on any atom is -0.356 e. The SMILES string of the molecule is CC(C)CNC(=O)Cc1ccc(F)c(F)c1. The zero-order valence-corrected chi connectivity index (χ0v) is 9.39. The van der Waals surface area contributed by atoms with Crippen LogP contribution < -0.4 is 5.32 Å². The Morgan fingerprint density at radius 1 is 1.31 bits per heavy atom. The summed E-state index contributed by atoms with van der Waals surface area (Å²) in [5, 5.41) is 2.71. The van der Waals surface area contributed by atoms with Crippen LogP contribution in [-0.4, -0.2) is 12.5 Å². The topological polar surface area (TPSA) is 29.1 Å². The Hall–Kier alpha value is -1.45. The first-order valence-electron chi connectivity index (χ1n) is 5.19. The third-order valence-electron chi connectivity index (χ3n) is 2.06. The molecule has 16 heavy (non-hydrogen) atoms. The summed E-state index contributed by atoms with van der Waals surface area (Å²) in [5.74, 6) is -1.63. The first kappa shape index (κ1) is 12.6. The molecule has 0 unspecified atom stereocenters. The van der Waals surface area contributed by atoms with E-state index in [2.05, 4.69) is 5.32 Å². The van der Waals surface area contributed by atoms with E-state index in [-0.39, 0.29) is 12.3 Å². The molecule has 0 heterocycles. The minimum atomic E-state index is -0.922. The molecule has 0 spiro atoms. The number of amides is 1. The molecule has 1 rings (SSSR count). The van der Waals surface area contributed by atoms with Crippen molar-refractivity contribution in [1.29, 1.82) is 0 Å². The lowest BCUT2D eigenvalue weighted by atomic mass is 10.1. The van der Waals surface area contributed by atoms with Crippen LogP contribution in [0.3, 0.4) is 0 Å². The summed E-state index contributed by atoms with van der Waals surface area (Å²) in [6.45, 7) is 4.55. The molecule has 4 heteroatoms. The Balaban J connectivity index is 2.53. The Labute approximate surface area is 93.7 Å².